The third-order valence-electron chi connectivity index (χ3n) is 3.16. The Hall–Kier alpha value is -2.52. The van der Waals surface area contributed by atoms with Crippen LogP contribution in [-0.2, 0) is 14.4 Å². The molecule has 23 heavy (non-hydrogen) atoms. The summed E-state index contributed by atoms with van der Waals surface area (Å²) in [6, 6.07) is -0.999. The SMILES string of the molecule is CC(=CC(N)C(N)(C=C(C)C(N)=O)N=CC(C)C(N)=O)C(N)=O. The molecule has 0 aromatic heterocycles. The highest BCUT2D eigenvalue weighted by atomic mass is 16.2. The number of primary amides is 3. The summed E-state index contributed by atoms with van der Waals surface area (Å²) >= 11 is 0. The molecule has 0 radical (unpaired) electrons. The maximum absolute atomic E-state index is 11.2. The van der Waals surface area contributed by atoms with E-state index in [1.807, 2.05) is 0 Å². The normalized spacial score (nSPS) is 18.3. The third-order valence-corrected chi connectivity index (χ3v) is 3.16. The van der Waals surface area contributed by atoms with Gasteiger partial charge in [0.15, 0.2) is 0 Å². The average molecular weight is 324 g/mol. The van der Waals surface area contributed by atoms with Gasteiger partial charge in [-0.15, -0.1) is 0 Å². The van der Waals surface area contributed by atoms with E-state index in [0.29, 0.717) is 0 Å². The lowest BCUT2D eigenvalue weighted by Gasteiger charge is -2.27. The van der Waals surface area contributed by atoms with Crippen LogP contribution in [0.5, 0.6) is 0 Å². The minimum absolute atomic E-state index is 0.122. The van der Waals surface area contributed by atoms with Crippen LogP contribution >= 0.6 is 0 Å². The second-order valence-corrected chi connectivity index (χ2v) is 5.29. The Morgan fingerprint density at radius 1 is 1.04 bits per heavy atom. The molecule has 9 heteroatoms. The summed E-state index contributed by atoms with van der Waals surface area (Å²) in [7, 11) is 0. The molecule has 9 nitrogen and oxygen atoms in total. The van der Waals surface area contributed by atoms with Crippen LogP contribution < -0.4 is 28.7 Å². The molecule has 0 heterocycles. The van der Waals surface area contributed by atoms with Gasteiger partial charge in [-0.3, -0.25) is 19.4 Å². The van der Waals surface area contributed by atoms with Crippen LogP contribution in [0.3, 0.4) is 0 Å². The monoisotopic (exact) mass is 324 g/mol. The number of nitrogens with zero attached hydrogens (tertiary/aromatic N) is 1. The average Bonchev–Trinajstić information content (AvgIpc) is 2.43. The number of carbonyl (C=O) groups excluding carboxylic acids is 3. The van der Waals surface area contributed by atoms with Crippen molar-refractivity contribution < 1.29 is 14.4 Å². The van der Waals surface area contributed by atoms with Gasteiger partial charge in [-0.2, -0.15) is 0 Å². The zero-order valence-electron chi connectivity index (χ0n) is 13.4. The topological polar surface area (TPSA) is 194 Å². The van der Waals surface area contributed by atoms with Crippen molar-refractivity contribution in [3.05, 3.63) is 23.3 Å². The highest BCUT2D eigenvalue weighted by Gasteiger charge is 2.29. The number of rotatable bonds is 8. The zero-order valence-corrected chi connectivity index (χ0v) is 13.4. The van der Waals surface area contributed by atoms with E-state index >= 15 is 0 Å². The minimum Gasteiger partial charge on any atom is -0.369 e. The summed E-state index contributed by atoms with van der Waals surface area (Å²) in [6.07, 6.45) is 3.80. The first-order valence-corrected chi connectivity index (χ1v) is 6.77. The number of amides is 3. The molecule has 0 saturated heterocycles. The molecule has 0 fully saturated rings. The lowest BCUT2D eigenvalue weighted by molar-refractivity contribution is -0.119. The molecule has 10 N–H and O–H groups in total. The van der Waals surface area contributed by atoms with Gasteiger partial charge in [-0.05, 0) is 26.8 Å². The summed E-state index contributed by atoms with van der Waals surface area (Å²) in [5, 5.41) is 0. The molecule has 0 bridgehead atoms. The molecule has 3 unspecified atom stereocenters. The van der Waals surface area contributed by atoms with Crippen LogP contribution in [0.2, 0.25) is 0 Å². The van der Waals surface area contributed by atoms with Crippen molar-refractivity contribution in [1.29, 1.82) is 0 Å². The van der Waals surface area contributed by atoms with Crippen molar-refractivity contribution in [2.75, 3.05) is 0 Å². The molecule has 0 rings (SSSR count). The van der Waals surface area contributed by atoms with Gasteiger partial charge in [-0.1, -0.05) is 6.08 Å². The molecule has 0 spiro atoms. The van der Waals surface area contributed by atoms with Crippen LogP contribution in [0.4, 0.5) is 0 Å². The summed E-state index contributed by atoms with van der Waals surface area (Å²) in [5.41, 5.74) is 26.2. The summed E-state index contributed by atoms with van der Waals surface area (Å²) in [4.78, 5) is 37.5. The van der Waals surface area contributed by atoms with E-state index in [1.165, 1.54) is 39.1 Å². The maximum atomic E-state index is 11.2. The maximum Gasteiger partial charge on any atom is 0.244 e. The lowest BCUT2D eigenvalue weighted by atomic mass is 9.96. The highest BCUT2D eigenvalue weighted by Crippen LogP contribution is 2.15. The summed E-state index contributed by atoms with van der Waals surface area (Å²) in [5.74, 6) is -2.69. The molecule has 0 aliphatic rings. The first-order chi connectivity index (χ1) is 10.4. The number of hydrogen-bond donors (Lipinski definition) is 5. The lowest BCUT2D eigenvalue weighted by Crippen LogP contribution is -2.52. The van der Waals surface area contributed by atoms with Crippen molar-refractivity contribution in [3.63, 3.8) is 0 Å². The van der Waals surface area contributed by atoms with Crippen molar-refractivity contribution in [2.45, 2.75) is 32.5 Å². The van der Waals surface area contributed by atoms with E-state index in [2.05, 4.69) is 4.99 Å². The summed E-state index contributed by atoms with van der Waals surface area (Å²) in [6.45, 7) is 4.42. The van der Waals surface area contributed by atoms with Gasteiger partial charge in [0.2, 0.25) is 17.7 Å². The Kier molecular flexibility index (Phi) is 7.30. The predicted molar refractivity (Wildman–Crippen MR) is 87.6 cm³/mol. The molecular formula is C14H24N6O3. The Bertz CT molecular complexity index is 581. The number of nitrogens with two attached hydrogens (primary N) is 5. The van der Waals surface area contributed by atoms with E-state index in [4.69, 9.17) is 28.7 Å². The largest absolute Gasteiger partial charge is 0.369 e. The van der Waals surface area contributed by atoms with E-state index < -0.39 is 35.3 Å². The fourth-order valence-corrected chi connectivity index (χ4v) is 1.44. The first-order valence-electron chi connectivity index (χ1n) is 6.77. The van der Waals surface area contributed by atoms with Crippen molar-refractivity contribution in [1.82, 2.24) is 0 Å². The molecule has 0 aliphatic heterocycles. The number of aliphatic imine (C=N–C) groups is 1. The number of carbonyl (C=O) groups is 3. The smallest absolute Gasteiger partial charge is 0.244 e. The third kappa shape index (κ3) is 6.41. The van der Waals surface area contributed by atoms with Crippen LogP contribution in [-0.4, -0.2) is 35.6 Å². The second kappa shape index (κ2) is 8.20. The van der Waals surface area contributed by atoms with Crippen molar-refractivity contribution in [3.8, 4) is 0 Å². The molecule has 0 saturated carbocycles. The highest BCUT2D eigenvalue weighted by molar-refractivity contribution is 5.93. The van der Waals surface area contributed by atoms with Crippen molar-refractivity contribution in [2.24, 2.45) is 39.6 Å². The van der Waals surface area contributed by atoms with Gasteiger partial charge in [0.05, 0.1) is 12.0 Å². The van der Waals surface area contributed by atoms with Crippen LogP contribution in [0, 0.1) is 5.92 Å². The quantitative estimate of drug-likeness (QED) is 0.254. The van der Waals surface area contributed by atoms with E-state index in [-0.39, 0.29) is 11.1 Å². The Balaban J connectivity index is 5.85. The van der Waals surface area contributed by atoms with Gasteiger partial charge in [0.25, 0.3) is 0 Å². The first kappa shape index (κ1) is 20.5. The zero-order chi connectivity index (χ0) is 18.4. The number of hydrogen-bond acceptors (Lipinski definition) is 6. The molecule has 128 valence electrons. The Labute approximate surface area is 134 Å². The molecular weight excluding hydrogens is 300 g/mol. The fraction of sp³-hybridized carbons (Fsp3) is 0.429. The van der Waals surface area contributed by atoms with Gasteiger partial charge in [0.1, 0.15) is 5.66 Å². The van der Waals surface area contributed by atoms with Crippen molar-refractivity contribution >= 4 is 23.9 Å². The predicted octanol–water partition coefficient (Wildman–Crippen LogP) is -1.98. The Morgan fingerprint density at radius 3 is 1.91 bits per heavy atom. The van der Waals surface area contributed by atoms with E-state index in [9.17, 15) is 14.4 Å². The van der Waals surface area contributed by atoms with Crippen LogP contribution in [0.1, 0.15) is 20.8 Å². The minimum atomic E-state index is -1.61. The standard InChI is InChI=1S/C14H24N6O3/c1-7(11(16)21)4-10(15)14(19,5-8(2)12(17)22)20-6-9(3)13(18)23/h4-6,9-10H,15,19H2,1-3H3,(H2,16,21)(H2,17,22)(H2,18,23). The second-order valence-electron chi connectivity index (χ2n) is 5.29. The molecule has 0 aromatic rings. The molecule has 0 aromatic carbocycles. The Morgan fingerprint density at radius 2 is 1.52 bits per heavy atom. The van der Waals surface area contributed by atoms with Crippen LogP contribution in [0.15, 0.2) is 28.3 Å². The van der Waals surface area contributed by atoms with Gasteiger partial charge < -0.3 is 28.7 Å². The molecule has 3 atom stereocenters. The molecule has 3 amide bonds. The van der Waals surface area contributed by atoms with Gasteiger partial charge >= 0.3 is 0 Å². The fourth-order valence-electron chi connectivity index (χ4n) is 1.44. The van der Waals surface area contributed by atoms with E-state index in [0.717, 1.165) is 0 Å². The summed E-state index contributed by atoms with van der Waals surface area (Å²) < 4.78 is 0. The van der Waals surface area contributed by atoms with Crippen LogP contribution in [0.25, 0.3) is 0 Å². The van der Waals surface area contributed by atoms with Gasteiger partial charge in [-0.25, -0.2) is 0 Å². The van der Waals surface area contributed by atoms with Gasteiger partial charge in [0, 0.05) is 17.4 Å². The van der Waals surface area contributed by atoms with E-state index in [1.54, 1.807) is 0 Å². The molecule has 0 aliphatic carbocycles.